The number of nitrogens with zero attached hydrogens (tertiary/aromatic N) is 2. The number of hydrogen-bond acceptors (Lipinski definition) is 7. The average Bonchev–Trinajstić information content (AvgIpc) is 3.38. The van der Waals surface area contributed by atoms with Crippen LogP contribution in [0.25, 0.3) is 10.9 Å². The molecule has 0 aliphatic heterocycles. The predicted molar refractivity (Wildman–Crippen MR) is 128 cm³/mol. The zero-order chi connectivity index (χ0) is 23.5. The molecule has 170 valence electrons. The minimum absolute atomic E-state index is 0.0258. The van der Waals surface area contributed by atoms with Gasteiger partial charge in [0.15, 0.2) is 16.7 Å². The quantitative estimate of drug-likeness (QED) is 0.337. The van der Waals surface area contributed by atoms with Crippen molar-refractivity contribution in [3.8, 4) is 5.75 Å². The van der Waals surface area contributed by atoms with Gasteiger partial charge in [-0.3, -0.25) is 9.59 Å². The number of H-pyrrole nitrogens is 1. The largest absolute Gasteiger partial charge is 0.497 e. The van der Waals surface area contributed by atoms with Crippen molar-refractivity contribution in [1.29, 1.82) is 0 Å². The van der Waals surface area contributed by atoms with Crippen LogP contribution in [0.3, 0.4) is 0 Å². The second-order valence-corrected chi connectivity index (χ2v) is 9.23. The zero-order valence-corrected chi connectivity index (χ0v) is 19.9. The van der Waals surface area contributed by atoms with Crippen molar-refractivity contribution >= 4 is 45.2 Å². The first-order valence-corrected chi connectivity index (χ1v) is 11.7. The maximum atomic E-state index is 13.8. The van der Waals surface area contributed by atoms with Crippen molar-refractivity contribution in [3.63, 3.8) is 0 Å². The van der Waals surface area contributed by atoms with Gasteiger partial charge in [0.1, 0.15) is 11.7 Å². The third kappa shape index (κ3) is 4.96. The van der Waals surface area contributed by atoms with Crippen LogP contribution in [0.2, 0.25) is 5.02 Å². The zero-order valence-electron chi connectivity index (χ0n) is 18.3. The number of ketones is 1. The molecule has 4 aromatic rings. The molecule has 0 aliphatic rings. The number of methoxy groups -OCH3 is 1. The van der Waals surface area contributed by atoms with Gasteiger partial charge in [-0.1, -0.05) is 28.5 Å². The molecule has 0 fully saturated rings. The van der Waals surface area contributed by atoms with Crippen LogP contribution in [0.15, 0.2) is 47.0 Å². The molecule has 1 N–H and O–H groups in total. The Kier molecular flexibility index (Phi) is 6.85. The molecule has 1 atom stereocenters. The standard InChI is InChI=1S/C24H22ClN3O4S/c1-13-21(18-12-17(31-3)8-9-19(18)26-13)22(23(30)15-4-6-16(25)7-5-15)24-27-20(28-32-24)10-11-33-14(2)29/h4-9,12,22,26H,10-11H2,1-3H3. The van der Waals surface area contributed by atoms with Crippen molar-refractivity contribution in [3.05, 3.63) is 76.0 Å². The Morgan fingerprint density at radius 2 is 1.97 bits per heavy atom. The highest BCUT2D eigenvalue weighted by Crippen LogP contribution is 2.37. The van der Waals surface area contributed by atoms with E-state index >= 15 is 0 Å². The monoisotopic (exact) mass is 483 g/mol. The van der Waals surface area contributed by atoms with Gasteiger partial charge < -0.3 is 14.2 Å². The van der Waals surface area contributed by atoms with Crippen LogP contribution in [0.1, 0.15) is 46.2 Å². The number of aromatic amines is 1. The Hall–Kier alpha value is -3.10. The highest BCUT2D eigenvalue weighted by Gasteiger charge is 2.33. The van der Waals surface area contributed by atoms with E-state index in [4.69, 9.17) is 20.9 Å². The van der Waals surface area contributed by atoms with E-state index in [0.717, 1.165) is 22.2 Å². The van der Waals surface area contributed by atoms with Gasteiger partial charge in [-0.25, -0.2) is 0 Å². The lowest BCUT2D eigenvalue weighted by molar-refractivity contribution is -0.109. The molecule has 0 bridgehead atoms. The molecule has 2 aromatic carbocycles. The minimum Gasteiger partial charge on any atom is -0.497 e. The van der Waals surface area contributed by atoms with Crippen LogP contribution in [0, 0.1) is 6.92 Å². The molecule has 1 unspecified atom stereocenters. The van der Waals surface area contributed by atoms with Gasteiger partial charge in [0.05, 0.1) is 7.11 Å². The number of thioether (sulfide) groups is 1. The molecule has 4 rings (SSSR count). The minimum atomic E-state index is -0.825. The van der Waals surface area contributed by atoms with E-state index in [1.54, 1.807) is 31.4 Å². The van der Waals surface area contributed by atoms with Gasteiger partial charge in [0.25, 0.3) is 0 Å². The number of aryl methyl sites for hydroxylation is 2. The Morgan fingerprint density at radius 1 is 1.21 bits per heavy atom. The first kappa shape index (κ1) is 23.1. The normalized spacial score (nSPS) is 12.1. The predicted octanol–water partition coefficient (Wildman–Crippen LogP) is 5.36. The fourth-order valence-electron chi connectivity index (χ4n) is 3.75. The molecule has 0 saturated heterocycles. The molecule has 0 spiro atoms. The summed E-state index contributed by atoms with van der Waals surface area (Å²) >= 11 is 7.22. The molecule has 0 aliphatic carbocycles. The van der Waals surface area contributed by atoms with Crippen LogP contribution in [0.5, 0.6) is 5.75 Å². The maximum absolute atomic E-state index is 13.8. The lowest BCUT2D eigenvalue weighted by Gasteiger charge is -2.13. The van der Waals surface area contributed by atoms with E-state index in [-0.39, 0.29) is 16.8 Å². The summed E-state index contributed by atoms with van der Waals surface area (Å²) in [6, 6.07) is 12.4. The number of aromatic nitrogens is 3. The molecule has 0 amide bonds. The fourth-order valence-corrected chi connectivity index (χ4v) is 4.44. The van der Waals surface area contributed by atoms with Crippen molar-refractivity contribution < 1.29 is 18.8 Å². The van der Waals surface area contributed by atoms with E-state index < -0.39 is 5.92 Å². The summed E-state index contributed by atoms with van der Waals surface area (Å²) in [5, 5.41) is 5.46. The topological polar surface area (TPSA) is 98.1 Å². The van der Waals surface area contributed by atoms with Gasteiger partial charge in [-0.15, -0.1) is 0 Å². The number of carbonyl (C=O) groups is 2. The van der Waals surface area contributed by atoms with E-state index in [0.29, 0.717) is 34.3 Å². The van der Waals surface area contributed by atoms with E-state index in [1.165, 1.54) is 18.7 Å². The number of Topliss-reactive ketones (excluding diaryl/α,β-unsaturated/α-hetero) is 1. The van der Waals surface area contributed by atoms with E-state index in [9.17, 15) is 9.59 Å². The summed E-state index contributed by atoms with van der Waals surface area (Å²) in [6.07, 6.45) is 0.455. The molecule has 9 heteroatoms. The molecular formula is C24H22ClN3O4S. The number of rotatable bonds is 8. The summed E-state index contributed by atoms with van der Waals surface area (Å²) in [5.74, 6) is 0.841. The molecule has 0 radical (unpaired) electrons. The number of ether oxygens (including phenoxy) is 1. The second-order valence-electron chi connectivity index (χ2n) is 7.52. The first-order chi connectivity index (χ1) is 15.9. The molecule has 7 nitrogen and oxygen atoms in total. The lowest BCUT2D eigenvalue weighted by atomic mass is 9.88. The van der Waals surface area contributed by atoms with Gasteiger partial charge >= 0.3 is 0 Å². The number of nitrogens with one attached hydrogen (secondary N) is 1. The second kappa shape index (κ2) is 9.80. The third-order valence-electron chi connectivity index (χ3n) is 5.28. The van der Waals surface area contributed by atoms with Crippen molar-refractivity contribution in [2.75, 3.05) is 12.9 Å². The highest BCUT2D eigenvalue weighted by atomic mass is 35.5. The number of benzene rings is 2. The Morgan fingerprint density at radius 3 is 2.67 bits per heavy atom. The van der Waals surface area contributed by atoms with E-state index in [1.807, 2.05) is 25.1 Å². The highest BCUT2D eigenvalue weighted by molar-refractivity contribution is 8.13. The molecular weight excluding hydrogens is 462 g/mol. The van der Waals surface area contributed by atoms with Crippen molar-refractivity contribution in [2.45, 2.75) is 26.2 Å². The summed E-state index contributed by atoms with van der Waals surface area (Å²) in [7, 11) is 1.60. The van der Waals surface area contributed by atoms with Crippen LogP contribution >= 0.6 is 23.4 Å². The molecule has 2 heterocycles. The smallest absolute Gasteiger partial charge is 0.242 e. The SMILES string of the molecule is COc1ccc2[nH]c(C)c(C(C(=O)c3ccc(Cl)cc3)c3nc(CCSC(C)=O)no3)c2c1. The number of hydrogen-bond donors (Lipinski definition) is 1. The van der Waals surface area contributed by atoms with Crippen molar-refractivity contribution in [2.24, 2.45) is 0 Å². The van der Waals surface area contributed by atoms with Gasteiger partial charge in [-0.2, -0.15) is 4.98 Å². The summed E-state index contributed by atoms with van der Waals surface area (Å²) in [4.78, 5) is 32.8. The summed E-state index contributed by atoms with van der Waals surface area (Å²) in [5.41, 5.74) is 2.91. The average molecular weight is 484 g/mol. The fraction of sp³-hybridized carbons (Fsp3) is 0.250. The van der Waals surface area contributed by atoms with Gasteiger partial charge in [0, 0.05) is 51.8 Å². The van der Waals surface area contributed by atoms with Crippen LogP contribution in [-0.4, -0.2) is 38.9 Å². The third-order valence-corrected chi connectivity index (χ3v) is 6.35. The Balaban J connectivity index is 1.81. The van der Waals surface area contributed by atoms with Crippen LogP contribution in [0.4, 0.5) is 0 Å². The lowest BCUT2D eigenvalue weighted by Crippen LogP contribution is -2.16. The van der Waals surface area contributed by atoms with Crippen LogP contribution < -0.4 is 4.74 Å². The Bertz CT molecular complexity index is 1310. The maximum Gasteiger partial charge on any atom is 0.242 e. The molecule has 33 heavy (non-hydrogen) atoms. The Labute approximate surface area is 199 Å². The molecule has 2 aromatic heterocycles. The van der Waals surface area contributed by atoms with Crippen LogP contribution in [-0.2, 0) is 11.2 Å². The molecule has 0 saturated carbocycles. The number of halogens is 1. The number of carbonyl (C=O) groups excluding carboxylic acids is 2. The van der Waals surface area contributed by atoms with Crippen molar-refractivity contribution in [1.82, 2.24) is 15.1 Å². The van der Waals surface area contributed by atoms with Gasteiger partial charge in [0.2, 0.25) is 5.89 Å². The van der Waals surface area contributed by atoms with E-state index in [2.05, 4.69) is 15.1 Å². The number of fused-ring (bicyclic) bond motifs is 1. The summed E-state index contributed by atoms with van der Waals surface area (Å²) < 4.78 is 11.0. The first-order valence-electron chi connectivity index (χ1n) is 10.3. The summed E-state index contributed by atoms with van der Waals surface area (Å²) in [6.45, 7) is 3.42. The van der Waals surface area contributed by atoms with Gasteiger partial charge in [-0.05, 0) is 49.4 Å².